The fraction of sp³-hybridized carbons (Fsp3) is 1.00. The predicted octanol–water partition coefficient (Wildman–Crippen LogP) is 1.52. The Hall–Kier alpha value is -0.0100. The first kappa shape index (κ1) is 13.0. The summed E-state index contributed by atoms with van der Waals surface area (Å²) in [6, 6.07) is 0. The summed E-state index contributed by atoms with van der Waals surface area (Å²) in [4.78, 5) is 0. The van der Waals surface area contributed by atoms with Crippen LogP contribution in [-0.2, 0) is 13.8 Å². The lowest BCUT2D eigenvalue weighted by Crippen LogP contribution is -2.29. The first-order valence-corrected chi connectivity index (χ1v) is 5.71. The third-order valence-electron chi connectivity index (χ3n) is 1.16. The molecule has 0 aromatic rings. The van der Waals surface area contributed by atoms with Crippen molar-refractivity contribution in [2.24, 2.45) is 0 Å². The van der Waals surface area contributed by atoms with Crippen molar-refractivity contribution in [3.8, 4) is 0 Å². The van der Waals surface area contributed by atoms with E-state index >= 15 is 0 Å². The van der Waals surface area contributed by atoms with Gasteiger partial charge in [-0.1, -0.05) is 0 Å². The number of hydrogen-bond donors (Lipinski definition) is 0. The highest BCUT2D eigenvalue weighted by Crippen LogP contribution is 2.22. The zero-order chi connectivity index (χ0) is 10.7. The second-order valence-electron chi connectivity index (χ2n) is 2.30. The van der Waals surface area contributed by atoms with Gasteiger partial charge in [0.2, 0.25) is 9.05 Å². The lowest BCUT2D eigenvalue weighted by molar-refractivity contribution is -0.212. The average Bonchev–Trinajstić information content (AvgIpc) is 1.82. The van der Waals surface area contributed by atoms with Crippen LogP contribution >= 0.6 is 10.7 Å². The highest BCUT2D eigenvalue weighted by Gasteiger charge is 2.36. The molecule has 1 unspecified atom stereocenters. The van der Waals surface area contributed by atoms with Crippen molar-refractivity contribution in [2.75, 3.05) is 12.4 Å². The van der Waals surface area contributed by atoms with E-state index in [9.17, 15) is 21.6 Å². The fourth-order valence-corrected chi connectivity index (χ4v) is 0.903. The van der Waals surface area contributed by atoms with Crippen molar-refractivity contribution in [3.05, 3.63) is 0 Å². The van der Waals surface area contributed by atoms with E-state index in [1.54, 1.807) is 0 Å². The number of hydrogen-bond acceptors (Lipinski definition) is 3. The van der Waals surface area contributed by atoms with Crippen LogP contribution in [0.4, 0.5) is 13.2 Å². The Morgan fingerprint density at radius 2 is 1.92 bits per heavy atom. The first-order valence-electron chi connectivity index (χ1n) is 3.23. The van der Waals surface area contributed by atoms with Crippen molar-refractivity contribution < 1.29 is 26.3 Å². The van der Waals surface area contributed by atoms with Gasteiger partial charge in [-0.25, -0.2) is 8.42 Å². The van der Waals surface area contributed by atoms with Gasteiger partial charge in [-0.2, -0.15) is 13.2 Å². The molecule has 0 bridgehead atoms. The van der Waals surface area contributed by atoms with Gasteiger partial charge in [0.1, 0.15) is 0 Å². The Bertz CT molecular complexity index is 248. The molecule has 0 saturated carbocycles. The second kappa shape index (κ2) is 4.47. The van der Waals surface area contributed by atoms with Crippen molar-refractivity contribution >= 4 is 19.7 Å². The molecular weight excluding hydrogens is 233 g/mol. The van der Waals surface area contributed by atoms with Gasteiger partial charge < -0.3 is 4.74 Å². The zero-order valence-electron chi connectivity index (χ0n) is 6.64. The molecule has 0 heterocycles. The van der Waals surface area contributed by atoms with Crippen LogP contribution in [0.5, 0.6) is 0 Å². The van der Waals surface area contributed by atoms with Crippen molar-refractivity contribution in [2.45, 2.75) is 19.2 Å². The third-order valence-corrected chi connectivity index (χ3v) is 2.27. The zero-order valence-corrected chi connectivity index (χ0v) is 8.21. The molecule has 0 aliphatic rings. The maximum absolute atomic E-state index is 11.8. The maximum Gasteiger partial charge on any atom is 0.414 e. The molecule has 0 aliphatic carbocycles. The van der Waals surface area contributed by atoms with Gasteiger partial charge in [0.15, 0.2) is 6.10 Å². The van der Waals surface area contributed by atoms with Gasteiger partial charge in [0.25, 0.3) is 0 Å². The topological polar surface area (TPSA) is 43.4 Å². The Balaban J connectivity index is 3.80. The summed E-state index contributed by atoms with van der Waals surface area (Å²) < 4.78 is 60.0. The summed E-state index contributed by atoms with van der Waals surface area (Å²) in [6.45, 7) is 0.230. The van der Waals surface area contributed by atoms with E-state index in [2.05, 4.69) is 4.74 Å². The molecule has 0 N–H and O–H groups in total. The van der Waals surface area contributed by atoms with Crippen molar-refractivity contribution in [1.82, 2.24) is 0 Å². The highest BCUT2D eigenvalue weighted by molar-refractivity contribution is 8.13. The van der Waals surface area contributed by atoms with E-state index in [1.165, 1.54) is 0 Å². The lowest BCUT2D eigenvalue weighted by Gasteiger charge is -2.15. The van der Waals surface area contributed by atoms with Crippen LogP contribution in [0.1, 0.15) is 6.92 Å². The summed E-state index contributed by atoms with van der Waals surface area (Å²) in [5.41, 5.74) is 0. The summed E-state index contributed by atoms with van der Waals surface area (Å²) in [5, 5.41) is 0. The molecular formula is C5H8ClF3O3S. The van der Waals surface area contributed by atoms with Crippen LogP contribution in [-0.4, -0.2) is 33.1 Å². The molecule has 0 aromatic carbocycles. The van der Waals surface area contributed by atoms with Crippen molar-refractivity contribution in [1.29, 1.82) is 0 Å². The average molecular weight is 241 g/mol. The predicted molar refractivity (Wildman–Crippen MR) is 41.1 cm³/mol. The molecule has 80 valence electrons. The number of halogens is 4. The van der Waals surface area contributed by atoms with E-state index < -0.39 is 33.7 Å². The van der Waals surface area contributed by atoms with Crippen molar-refractivity contribution in [3.63, 3.8) is 0 Å². The Labute approximate surface area is 78.2 Å². The summed E-state index contributed by atoms with van der Waals surface area (Å²) in [5.74, 6) is -0.630. The molecule has 0 aromatic heterocycles. The maximum atomic E-state index is 11.8. The molecule has 3 nitrogen and oxygen atoms in total. The van der Waals surface area contributed by atoms with Gasteiger partial charge in [-0.15, -0.1) is 0 Å². The molecule has 0 spiro atoms. The van der Waals surface area contributed by atoms with E-state index in [0.717, 1.165) is 6.92 Å². The van der Waals surface area contributed by atoms with Crippen LogP contribution in [0.2, 0.25) is 0 Å². The Morgan fingerprint density at radius 3 is 2.23 bits per heavy atom. The number of rotatable bonds is 4. The quantitative estimate of drug-likeness (QED) is 0.700. The molecule has 0 amide bonds. The molecule has 0 saturated heterocycles. The van der Waals surface area contributed by atoms with E-state index in [1.807, 2.05) is 0 Å². The highest BCUT2D eigenvalue weighted by atomic mass is 35.7. The minimum atomic E-state index is -4.48. The SMILES string of the molecule is CC(OCCS(=O)(=O)Cl)C(F)(F)F. The van der Waals surface area contributed by atoms with Gasteiger partial charge in [-0.05, 0) is 6.92 Å². The van der Waals surface area contributed by atoms with Crippen LogP contribution in [0.15, 0.2) is 0 Å². The first-order chi connectivity index (χ1) is 5.63. The summed E-state index contributed by atoms with van der Waals surface area (Å²) in [7, 11) is 0.956. The standard InChI is InChI=1S/C5H8ClF3O3S/c1-4(5(7,8)9)12-2-3-13(6,10)11/h4H,2-3H2,1H3. The van der Waals surface area contributed by atoms with E-state index in [-0.39, 0.29) is 0 Å². The van der Waals surface area contributed by atoms with Gasteiger partial charge in [-0.3, -0.25) is 0 Å². The van der Waals surface area contributed by atoms with Gasteiger partial charge >= 0.3 is 6.18 Å². The second-order valence-corrected chi connectivity index (χ2v) is 5.19. The number of ether oxygens (including phenoxy) is 1. The summed E-state index contributed by atoms with van der Waals surface area (Å²) in [6.07, 6.45) is -6.46. The van der Waals surface area contributed by atoms with Crippen LogP contribution in [0.25, 0.3) is 0 Å². The minimum Gasteiger partial charge on any atom is -0.368 e. The largest absolute Gasteiger partial charge is 0.414 e. The molecule has 0 aliphatic heterocycles. The lowest BCUT2D eigenvalue weighted by atomic mass is 10.4. The van der Waals surface area contributed by atoms with E-state index in [4.69, 9.17) is 10.7 Å². The van der Waals surface area contributed by atoms with E-state index in [0.29, 0.717) is 0 Å². The smallest absolute Gasteiger partial charge is 0.368 e. The van der Waals surface area contributed by atoms with Crippen LogP contribution in [0, 0.1) is 0 Å². The summed E-state index contributed by atoms with van der Waals surface area (Å²) >= 11 is 0. The fourth-order valence-electron chi connectivity index (χ4n) is 0.419. The van der Waals surface area contributed by atoms with Gasteiger partial charge in [0, 0.05) is 10.7 Å². The molecule has 13 heavy (non-hydrogen) atoms. The third kappa shape index (κ3) is 7.09. The van der Waals surface area contributed by atoms with Crippen LogP contribution < -0.4 is 0 Å². The Kier molecular flexibility index (Phi) is 4.47. The Morgan fingerprint density at radius 1 is 1.46 bits per heavy atom. The molecule has 0 radical (unpaired) electrons. The molecule has 8 heteroatoms. The van der Waals surface area contributed by atoms with Gasteiger partial charge in [0.05, 0.1) is 12.4 Å². The molecule has 0 rings (SSSR count). The molecule has 0 fully saturated rings. The normalized spacial score (nSPS) is 15.8. The van der Waals surface area contributed by atoms with Crippen LogP contribution in [0.3, 0.4) is 0 Å². The molecule has 1 atom stereocenters. The number of alkyl halides is 3. The monoisotopic (exact) mass is 240 g/mol. The minimum absolute atomic E-state index is 0.563.